The highest BCUT2D eigenvalue weighted by molar-refractivity contribution is 5.77. The summed E-state index contributed by atoms with van der Waals surface area (Å²) in [6.45, 7) is 3.52. The molecule has 0 aliphatic heterocycles. The van der Waals surface area contributed by atoms with E-state index in [0.717, 1.165) is 32.1 Å². The molecule has 0 radical (unpaired) electrons. The molecule has 0 heterocycles. The van der Waals surface area contributed by atoms with E-state index in [4.69, 9.17) is 4.74 Å². The van der Waals surface area contributed by atoms with Crippen molar-refractivity contribution in [3.8, 4) is 0 Å². The fraction of sp³-hybridized carbons (Fsp3) is 0.923. The standard InChI is InChI=1S/C13H25NO3/c1-2-8-17-9-12(16)14-10-13(11-15)6-4-3-5-7-13/h15H,2-11H2,1H3,(H,14,16). The van der Waals surface area contributed by atoms with Crippen LogP contribution in [0.25, 0.3) is 0 Å². The zero-order valence-corrected chi connectivity index (χ0v) is 10.8. The van der Waals surface area contributed by atoms with Crippen LogP contribution in [0.15, 0.2) is 0 Å². The summed E-state index contributed by atoms with van der Waals surface area (Å²) < 4.78 is 5.18. The molecule has 1 aliphatic rings. The Morgan fingerprint density at radius 1 is 1.35 bits per heavy atom. The second-order valence-electron chi connectivity index (χ2n) is 5.05. The predicted molar refractivity (Wildman–Crippen MR) is 66.7 cm³/mol. The van der Waals surface area contributed by atoms with E-state index in [1.54, 1.807) is 0 Å². The lowest BCUT2D eigenvalue weighted by Gasteiger charge is -2.35. The van der Waals surface area contributed by atoms with Crippen LogP contribution in [0.4, 0.5) is 0 Å². The largest absolute Gasteiger partial charge is 0.396 e. The van der Waals surface area contributed by atoms with Crippen LogP contribution in [0.1, 0.15) is 45.4 Å². The van der Waals surface area contributed by atoms with E-state index in [-0.39, 0.29) is 24.5 Å². The Hall–Kier alpha value is -0.610. The first-order chi connectivity index (χ1) is 8.22. The third kappa shape index (κ3) is 5.04. The number of hydrogen-bond donors (Lipinski definition) is 2. The summed E-state index contributed by atoms with van der Waals surface area (Å²) in [5.74, 6) is -0.0724. The molecule has 0 atom stereocenters. The molecule has 0 saturated heterocycles. The first-order valence-electron chi connectivity index (χ1n) is 6.68. The van der Waals surface area contributed by atoms with Crippen molar-refractivity contribution in [2.45, 2.75) is 45.4 Å². The van der Waals surface area contributed by atoms with Gasteiger partial charge in [0.05, 0.1) is 6.61 Å². The molecule has 0 aromatic rings. The number of carbonyl (C=O) groups excluding carboxylic acids is 1. The molecule has 100 valence electrons. The van der Waals surface area contributed by atoms with Crippen LogP contribution in [-0.2, 0) is 9.53 Å². The van der Waals surface area contributed by atoms with Crippen molar-refractivity contribution in [2.24, 2.45) is 5.41 Å². The number of rotatable bonds is 7. The Balaban J connectivity index is 2.24. The van der Waals surface area contributed by atoms with Crippen molar-refractivity contribution in [3.05, 3.63) is 0 Å². The van der Waals surface area contributed by atoms with Crippen molar-refractivity contribution in [1.29, 1.82) is 0 Å². The van der Waals surface area contributed by atoms with Gasteiger partial charge in [0.25, 0.3) is 0 Å². The molecule has 17 heavy (non-hydrogen) atoms. The average Bonchev–Trinajstić information content (AvgIpc) is 2.38. The number of ether oxygens (including phenoxy) is 1. The van der Waals surface area contributed by atoms with Crippen LogP contribution in [0.2, 0.25) is 0 Å². The average molecular weight is 243 g/mol. The number of carbonyl (C=O) groups is 1. The molecule has 1 fully saturated rings. The van der Waals surface area contributed by atoms with Gasteiger partial charge in [0.2, 0.25) is 5.91 Å². The molecule has 0 unspecified atom stereocenters. The van der Waals surface area contributed by atoms with Crippen LogP contribution in [0.3, 0.4) is 0 Å². The van der Waals surface area contributed by atoms with E-state index in [0.29, 0.717) is 13.2 Å². The predicted octanol–water partition coefficient (Wildman–Crippen LogP) is 1.47. The second kappa shape index (κ2) is 7.67. The molecule has 4 heteroatoms. The van der Waals surface area contributed by atoms with E-state index in [1.807, 2.05) is 6.92 Å². The quantitative estimate of drug-likeness (QED) is 0.666. The molecule has 2 N–H and O–H groups in total. The van der Waals surface area contributed by atoms with Crippen LogP contribution in [0.5, 0.6) is 0 Å². The van der Waals surface area contributed by atoms with Crippen LogP contribution >= 0.6 is 0 Å². The Morgan fingerprint density at radius 3 is 2.65 bits per heavy atom. The second-order valence-corrected chi connectivity index (χ2v) is 5.05. The van der Waals surface area contributed by atoms with Gasteiger partial charge in [0, 0.05) is 18.6 Å². The topological polar surface area (TPSA) is 58.6 Å². The van der Waals surface area contributed by atoms with Crippen LogP contribution in [-0.4, -0.2) is 37.4 Å². The van der Waals surface area contributed by atoms with E-state index in [1.165, 1.54) is 6.42 Å². The van der Waals surface area contributed by atoms with E-state index in [9.17, 15) is 9.90 Å². The zero-order valence-electron chi connectivity index (χ0n) is 10.8. The molecule has 1 saturated carbocycles. The van der Waals surface area contributed by atoms with Crippen LogP contribution in [0, 0.1) is 5.41 Å². The number of nitrogens with one attached hydrogen (secondary N) is 1. The maximum Gasteiger partial charge on any atom is 0.246 e. The smallest absolute Gasteiger partial charge is 0.246 e. The normalized spacial score (nSPS) is 18.9. The Bertz CT molecular complexity index is 225. The van der Waals surface area contributed by atoms with Gasteiger partial charge in [-0.1, -0.05) is 26.2 Å². The number of amides is 1. The van der Waals surface area contributed by atoms with E-state index < -0.39 is 0 Å². The minimum absolute atomic E-state index is 0.0724. The van der Waals surface area contributed by atoms with Gasteiger partial charge in [-0.15, -0.1) is 0 Å². The van der Waals surface area contributed by atoms with Gasteiger partial charge in [0.1, 0.15) is 6.61 Å². The molecule has 0 bridgehead atoms. The molecule has 0 spiro atoms. The van der Waals surface area contributed by atoms with E-state index in [2.05, 4.69) is 5.32 Å². The maximum absolute atomic E-state index is 11.5. The lowest BCUT2D eigenvalue weighted by atomic mass is 9.74. The van der Waals surface area contributed by atoms with Gasteiger partial charge in [0.15, 0.2) is 0 Å². The molecule has 0 aromatic heterocycles. The highest BCUT2D eigenvalue weighted by Crippen LogP contribution is 2.35. The Labute approximate surface area is 104 Å². The molecule has 1 amide bonds. The molecule has 1 aliphatic carbocycles. The summed E-state index contributed by atoms with van der Waals surface area (Å²) in [6.07, 6.45) is 6.51. The first-order valence-corrected chi connectivity index (χ1v) is 6.68. The third-order valence-electron chi connectivity index (χ3n) is 3.49. The third-order valence-corrected chi connectivity index (χ3v) is 3.49. The van der Waals surface area contributed by atoms with Gasteiger partial charge >= 0.3 is 0 Å². The Kier molecular flexibility index (Phi) is 6.52. The van der Waals surface area contributed by atoms with Crippen molar-refractivity contribution in [2.75, 3.05) is 26.4 Å². The summed E-state index contributed by atoms with van der Waals surface area (Å²) >= 11 is 0. The first kappa shape index (κ1) is 14.5. The molecular formula is C13H25NO3. The maximum atomic E-state index is 11.5. The molecule has 4 nitrogen and oxygen atoms in total. The van der Waals surface area contributed by atoms with Gasteiger partial charge in [-0.05, 0) is 19.3 Å². The number of aliphatic hydroxyl groups excluding tert-OH is 1. The fourth-order valence-electron chi connectivity index (χ4n) is 2.34. The van der Waals surface area contributed by atoms with Gasteiger partial charge in [-0.3, -0.25) is 4.79 Å². The van der Waals surface area contributed by atoms with Crippen molar-refractivity contribution in [1.82, 2.24) is 5.32 Å². The number of aliphatic hydroxyl groups is 1. The summed E-state index contributed by atoms with van der Waals surface area (Å²) in [6, 6.07) is 0. The monoisotopic (exact) mass is 243 g/mol. The highest BCUT2D eigenvalue weighted by atomic mass is 16.5. The molecule has 0 aromatic carbocycles. The van der Waals surface area contributed by atoms with Crippen molar-refractivity contribution < 1.29 is 14.6 Å². The SMILES string of the molecule is CCCOCC(=O)NCC1(CO)CCCCC1. The lowest BCUT2D eigenvalue weighted by Crippen LogP contribution is -2.42. The van der Waals surface area contributed by atoms with Crippen molar-refractivity contribution in [3.63, 3.8) is 0 Å². The van der Waals surface area contributed by atoms with E-state index >= 15 is 0 Å². The van der Waals surface area contributed by atoms with Crippen LogP contribution < -0.4 is 5.32 Å². The van der Waals surface area contributed by atoms with Gasteiger partial charge in [-0.25, -0.2) is 0 Å². The Morgan fingerprint density at radius 2 is 2.06 bits per heavy atom. The number of hydrogen-bond acceptors (Lipinski definition) is 3. The molecule has 1 rings (SSSR count). The zero-order chi connectivity index (χ0) is 12.6. The van der Waals surface area contributed by atoms with Crippen molar-refractivity contribution >= 4 is 5.91 Å². The molecular weight excluding hydrogens is 218 g/mol. The minimum atomic E-state index is -0.0847. The highest BCUT2D eigenvalue weighted by Gasteiger charge is 2.31. The minimum Gasteiger partial charge on any atom is -0.396 e. The summed E-state index contributed by atoms with van der Waals surface area (Å²) in [5, 5.41) is 12.4. The summed E-state index contributed by atoms with van der Waals surface area (Å²) in [5.41, 5.74) is -0.0847. The summed E-state index contributed by atoms with van der Waals surface area (Å²) in [4.78, 5) is 11.5. The lowest BCUT2D eigenvalue weighted by molar-refractivity contribution is -0.126. The van der Waals surface area contributed by atoms with Gasteiger partial charge < -0.3 is 15.2 Å². The summed E-state index contributed by atoms with van der Waals surface area (Å²) in [7, 11) is 0. The fourth-order valence-corrected chi connectivity index (χ4v) is 2.34. The van der Waals surface area contributed by atoms with Gasteiger partial charge in [-0.2, -0.15) is 0 Å².